The largest absolute Gasteiger partial charge is 0.481 e. The lowest BCUT2D eigenvalue weighted by Gasteiger charge is -2.05. The monoisotopic (exact) mass is 260 g/mol. The van der Waals surface area contributed by atoms with Gasteiger partial charge in [0.25, 0.3) is 0 Å². The van der Waals surface area contributed by atoms with Crippen molar-refractivity contribution in [3.8, 4) is 0 Å². The number of carbonyl (C=O) groups excluding carboxylic acids is 1. The molecule has 1 aromatic heterocycles. The molecule has 0 aliphatic carbocycles. The lowest BCUT2D eigenvalue weighted by Crippen LogP contribution is -2.19. The molecule has 1 rings (SSSR count). The summed E-state index contributed by atoms with van der Waals surface area (Å²) >= 11 is 1.07. The van der Waals surface area contributed by atoms with Gasteiger partial charge in [-0.05, 0) is 0 Å². The van der Waals surface area contributed by atoms with Gasteiger partial charge in [0.2, 0.25) is 5.91 Å². The normalized spacial score (nSPS) is 10.4. The Morgan fingerprint density at radius 2 is 2.35 bits per heavy atom. The van der Waals surface area contributed by atoms with E-state index in [0.29, 0.717) is 11.7 Å². The maximum Gasteiger partial charge on any atom is 0.313 e. The molecule has 0 bridgehead atoms. The van der Waals surface area contributed by atoms with Crippen molar-refractivity contribution in [2.24, 2.45) is 5.73 Å². The minimum Gasteiger partial charge on any atom is -0.481 e. The number of carboxylic acids is 1. The molecule has 0 saturated carbocycles. The van der Waals surface area contributed by atoms with E-state index in [4.69, 9.17) is 15.6 Å². The summed E-state index contributed by atoms with van der Waals surface area (Å²) in [7, 11) is 0. The quantitative estimate of drug-likeness (QED) is 0.452. The fourth-order valence-corrected chi connectivity index (χ4v) is 1.63. The number of thioether (sulfide) groups is 1. The molecule has 0 unspecified atom stereocenters. The van der Waals surface area contributed by atoms with Crippen LogP contribution in [0.4, 0.5) is 0 Å². The first-order valence-electron chi connectivity index (χ1n) is 4.68. The second-order valence-corrected chi connectivity index (χ2v) is 3.95. The van der Waals surface area contributed by atoms with Gasteiger partial charge in [-0.1, -0.05) is 11.8 Å². The van der Waals surface area contributed by atoms with Crippen LogP contribution in [0.15, 0.2) is 11.5 Å². The third-order valence-electron chi connectivity index (χ3n) is 1.63. The molecule has 0 fully saturated rings. The zero-order valence-electron chi connectivity index (χ0n) is 8.90. The lowest BCUT2D eigenvalue weighted by atomic mass is 10.6. The maximum atomic E-state index is 10.4. The van der Waals surface area contributed by atoms with E-state index < -0.39 is 11.9 Å². The van der Waals surface area contributed by atoms with Crippen LogP contribution in [0.1, 0.15) is 0 Å². The Labute approximate surface area is 101 Å². The fourth-order valence-electron chi connectivity index (χ4n) is 0.971. The van der Waals surface area contributed by atoms with Crippen LogP contribution in [0.3, 0.4) is 0 Å². The Hall–Kier alpha value is -1.61. The predicted molar refractivity (Wildman–Crippen MR) is 58.4 cm³/mol. The molecule has 0 aliphatic heterocycles. The van der Waals surface area contributed by atoms with Gasteiger partial charge in [-0.3, -0.25) is 9.59 Å². The van der Waals surface area contributed by atoms with Crippen molar-refractivity contribution in [2.45, 2.75) is 11.7 Å². The van der Waals surface area contributed by atoms with Gasteiger partial charge in [-0.2, -0.15) is 0 Å². The highest BCUT2D eigenvalue weighted by Gasteiger charge is 2.07. The predicted octanol–water partition coefficient (Wildman–Crippen LogP) is -1.04. The van der Waals surface area contributed by atoms with E-state index in [-0.39, 0.29) is 19.0 Å². The highest BCUT2D eigenvalue weighted by molar-refractivity contribution is 7.99. The number of nitrogens with zero attached hydrogens (tertiary/aromatic N) is 3. The molecular formula is C8H12N4O4S. The summed E-state index contributed by atoms with van der Waals surface area (Å²) in [4.78, 5) is 20.8. The molecular weight excluding hydrogens is 248 g/mol. The van der Waals surface area contributed by atoms with Gasteiger partial charge in [0.05, 0.1) is 12.4 Å². The van der Waals surface area contributed by atoms with E-state index in [2.05, 4.69) is 10.2 Å². The van der Waals surface area contributed by atoms with E-state index in [1.807, 2.05) is 0 Å². The van der Waals surface area contributed by atoms with E-state index in [1.54, 1.807) is 4.57 Å². The van der Waals surface area contributed by atoms with Gasteiger partial charge in [0.15, 0.2) is 5.16 Å². The SMILES string of the molecule is NC(=O)COCCn1cnnc1SCC(=O)O. The molecule has 9 heteroatoms. The molecule has 0 aromatic carbocycles. The van der Waals surface area contributed by atoms with Crippen molar-refractivity contribution in [1.29, 1.82) is 0 Å². The molecule has 0 aliphatic rings. The highest BCUT2D eigenvalue weighted by Crippen LogP contribution is 2.13. The fraction of sp³-hybridized carbons (Fsp3) is 0.500. The number of amides is 1. The Morgan fingerprint density at radius 1 is 1.59 bits per heavy atom. The first-order chi connectivity index (χ1) is 8.09. The number of aromatic nitrogens is 3. The molecule has 3 N–H and O–H groups in total. The molecule has 94 valence electrons. The molecule has 0 saturated heterocycles. The van der Waals surface area contributed by atoms with Crippen molar-refractivity contribution in [1.82, 2.24) is 14.8 Å². The number of ether oxygens (including phenoxy) is 1. The smallest absolute Gasteiger partial charge is 0.313 e. The van der Waals surface area contributed by atoms with Gasteiger partial charge >= 0.3 is 5.97 Å². The number of primary amides is 1. The van der Waals surface area contributed by atoms with Crippen molar-refractivity contribution in [2.75, 3.05) is 19.0 Å². The number of hydrogen-bond acceptors (Lipinski definition) is 6. The van der Waals surface area contributed by atoms with Gasteiger partial charge in [0.1, 0.15) is 12.9 Å². The van der Waals surface area contributed by atoms with Crippen LogP contribution in [-0.4, -0.2) is 50.7 Å². The number of aliphatic carboxylic acids is 1. The molecule has 0 radical (unpaired) electrons. The second kappa shape index (κ2) is 6.86. The van der Waals surface area contributed by atoms with E-state index in [9.17, 15) is 9.59 Å². The van der Waals surface area contributed by atoms with Gasteiger partial charge in [-0.15, -0.1) is 10.2 Å². The van der Waals surface area contributed by atoms with Gasteiger partial charge in [0, 0.05) is 6.54 Å². The Balaban J connectivity index is 2.35. The molecule has 0 atom stereocenters. The topological polar surface area (TPSA) is 120 Å². The summed E-state index contributed by atoms with van der Waals surface area (Å²) in [5, 5.41) is 16.5. The summed E-state index contributed by atoms with van der Waals surface area (Å²) < 4.78 is 6.62. The average Bonchev–Trinajstić information content (AvgIpc) is 2.68. The van der Waals surface area contributed by atoms with Crippen LogP contribution < -0.4 is 5.73 Å². The average molecular weight is 260 g/mol. The summed E-state index contributed by atoms with van der Waals surface area (Å²) in [6.07, 6.45) is 1.47. The van der Waals surface area contributed by atoms with Crippen LogP contribution in [0.25, 0.3) is 0 Å². The lowest BCUT2D eigenvalue weighted by molar-refractivity contribution is -0.134. The van der Waals surface area contributed by atoms with E-state index in [1.165, 1.54) is 6.33 Å². The van der Waals surface area contributed by atoms with E-state index in [0.717, 1.165) is 11.8 Å². The Bertz CT molecular complexity index is 395. The van der Waals surface area contributed by atoms with Crippen LogP contribution in [-0.2, 0) is 20.9 Å². The minimum atomic E-state index is -0.922. The summed E-state index contributed by atoms with van der Waals surface area (Å²) in [5.41, 5.74) is 4.90. The maximum absolute atomic E-state index is 10.4. The third kappa shape index (κ3) is 5.31. The second-order valence-electron chi connectivity index (χ2n) is 3.01. The van der Waals surface area contributed by atoms with Crippen LogP contribution >= 0.6 is 11.8 Å². The highest BCUT2D eigenvalue weighted by atomic mass is 32.2. The third-order valence-corrected chi connectivity index (χ3v) is 2.59. The zero-order chi connectivity index (χ0) is 12.7. The zero-order valence-corrected chi connectivity index (χ0v) is 9.72. The van der Waals surface area contributed by atoms with Crippen LogP contribution in [0.2, 0.25) is 0 Å². The molecule has 0 spiro atoms. The number of carbonyl (C=O) groups is 2. The van der Waals surface area contributed by atoms with Crippen molar-refractivity contribution >= 4 is 23.6 Å². The number of nitrogens with two attached hydrogens (primary N) is 1. The molecule has 1 aromatic rings. The first-order valence-corrected chi connectivity index (χ1v) is 5.66. The molecule has 1 heterocycles. The number of hydrogen-bond donors (Lipinski definition) is 2. The van der Waals surface area contributed by atoms with Crippen molar-refractivity contribution in [3.05, 3.63) is 6.33 Å². The van der Waals surface area contributed by atoms with Crippen LogP contribution in [0, 0.1) is 0 Å². The standard InChI is InChI=1S/C8H12N4O4S/c9-6(13)3-16-2-1-12-5-10-11-8(12)17-4-7(14)15/h5H,1-4H2,(H2,9,13)(H,14,15). The Morgan fingerprint density at radius 3 is 3.00 bits per heavy atom. The molecule has 8 nitrogen and oxygen atoms in total. The van der Waals surface area contributed by atoms with E-state index >= 15 is 0 Å². The summed E-state index contributed by atoms with van der Waals surface area (Å²) in [5.74, 6) is -1.54. The number of rotatable bonds is 8. The van der Waals surface area contributed by atoms with Crippen molar-refractivity contribution < 1.29 is 19.4 Å². The minimum absolute atomic E-state index is 0.0825. The summed E-state index contributed by atoms with van der Waals surface area (Å²) in [6.45, 7) is 0.573. The number of carboxylic acid groups (broad SMARTS) is 1. The van der Waals surface area contributed by atoms with Gasteiger partial charge in [-0.25, -0.2) is 0 Å². The Kier molecular flexibility index (Phi) is 5.43. The molecule has 1 amide bonds. The van der Waals surface area contributed by atoms with Crippen molar-refractivity contribution in [3.63, 3.8) is 0 Å². The van der Waals surface area contributed by atoms with Gasteiger partial charge < -0.3 is 20.1 Å². The molecule has 17 heavy (non-hydrogen) atoms. The van der Waals surface area contributed by atoms with Crippen LogP contribution in [0.5, 0.6) is 0 Å². The summed E-state index contributed by atoms with van der Waals surface area (Å²) in [6, 6.07) is 0. The first kappa shape index (κ1) is 13.5.